The van der Waals surface area contributed by atoms with Crippen LogP contribution in [-0.4, -0.2) is 75.8 Å². The van der Waals surface area contributed by atoms with E-state index in [4.69, 9.17) is 4.42 Å². The molecule has 162 valence electrons. The molecule has 1 aliphatic heterocycles. The number of carbonyl (C=O) groups excluding carboxylic acids is 2. The number of hydrogen-bond donors (Lipinski definition) is 1. The second-order valence-corrected chi connectivity index (χ2v) is 9.97. The molecule has 2 amide bonds. The summed E-state index contributed by atoms with van der Waals surface area (Å²) in [5.41, 5.74) is 0.583. The number of carbonyl (C=O) groups is 2. The summed E-state index contributed by atoms with van der Waals surface area (Å²) in [6.45, 7) is 8.82. The molecule has 0 bridgehead atoms. The molecule has 1 aromatic heterocycles. The van der Waals surface area contributed by atoms with Crippen LogP contribution < -0.4 is 5.32 Å². The zero-order valence-electron chi connectivity index (χ0n) is 17.4. The Labute approximate surface area is 188 Å². The number of nitrogens with zero attached hydrogens (tertiary/aromatic N) is 4. The van der Waals surface area contributed by atoms with E-state index in [-0.39, 0.29) is 23.1 Å². The smallest absolute Gasteiger partial charge is 0.277 e. The molecule has 1 fully saturated rings. The van der Waals surface area contributed by atoms with Gasteiger partial charge in [-0.2, -0.15) is 0 Å². The van der Waals surface area contributed by atoms with Gasteiger partial charge in [0.15, 0.2) is 0 Å². The van der Waals surface area contributed by atoms with Gasteiger partial charge in [0.1, 0.15) is 0 Å². The molecule has 1 aromatic carbocycles. The van der Waals surface area contributed by atoms with Crippen LogP contribution in [0.1, 0.15) is 20.8 Å². The van der Waals surface area contributed by atoms with Gasteiger partial charge < -0.3 is 14.6 Å². The van der Waals surface area contributed by atoms with E-state index in [1.165, 1.54) is 11.8 Å². The van der Waals surface area contributed by atoms with Crippen molar-refractivity contribution in [2.24, 2.45) is 0 Å². The lowest BCUT2D eigenvalue weighted by Crippen LogP contribution is -2.53. The fourth-order valence-electron chi connectivity index (χ4n) is 3.04. The number of hydrogen-bond acceptors (Lipinski definition) is 7. The van der Waals surface area contributed by atoms with Crippen molar-refractivity contribution >= 4 is 39.5 Å². The molecule has 0 atom stereocenters. The van der Waals surface area contributed by atoms with Crippen LogP contribution in [0.5, 0.6) is 0 Å². The molecule has 30 heavy (non-hydrogen) atoms. The molecule has 1 aliphatic rings. The highest BCUT2D eigenvalue weighted by Gasteiger charge is 2.24. The maximum absolute atomic E-state index is 12.5. The van der Waals surface area contributed by atoms with Crippen molar-refractivity contribution in [2.75, 3.05) is 38.5 Å². The van der Waals surface area contributed by atoms with Crippen LogP contribution in [0.4, 0.5) is 0 Å². The molecule has 0 unspecified atom stereocenters. The SMILES string of the molecule is CC(C)(C)NC(=O)CN1CCN(C(=O)CSc2nnc(-c3cccc(Br)c3)o2)CC1. The van der Waals surface area contributed by atoms with Crippen molar-refractivity contribution in [3.63, 3.8) is 0 Å². The lowest BCUT2D eigenvalue weighted by Gasteiger charge is -2.34. The molecule has 10 heteroatoms. The van der Waals surface area contributed by atoms with Gasteiger partial charge in [0.2, 0.25) is 17.7 Å². The molecule has 0 radical (unpaired) electrons. The number of piperazine rings is 1. The summed E-state index contributed by atoms with van der Waals surface area (Å²) in [4.78, 5) is 28.5. The van der Waals surface area contributed by atoms with Crippen LogP contribution in [-0.2, 0) is 9.59 Å². The Morgan fingerprint density at radius 1 is 1.20 bits per heavy atom. The summed E-state index contributed by atoms with van der Waals surface area (Å²) in [6, 6.07) is 7.60. The normalized spacial score (nSPS) is 15.3. The van der Waals surface area contributed by atoms with Crippen molar-refractivity contribution in [1.29, 1.82) is 0 Å². The van der Waals surface area contributed by atoms with Gasteiger partial charge in [0, 0.05) is 41.8 Å². The summed E-state index contributed by atoms with van der Waals surface area (Å²) in [5.74, 6) is 0.704. The molecule has 0 saturated carbocycles. The number of thioether (sulfide) groups is 1. The van der Waals surface area contributed by atoms with Crippen LogP contribution in [0.2, 0.25) is 0 Å². The van der Waals surface area contributed by atoms with E-state index >= 15 is 0 Å². The van der Waals surface area contributed by atoms with Gasteiger partial charge in [-0.15, -0.1) is 10.2 Å². The predicted octanol–water partition coefficient (Wildman–Crippen LogP) is 2.65. The monoisotopic (exact) mass is 495 g/mol. The van der Waals surface area contributed by atoms with Gasteiger partial charge in [0.25, 0.3) is 5.22 Å². The Kier molecular flexibility index (Phi) is 7.54. The third-order valence-corrected chi connectivity index (χ3v) is 5.70. The van der Waals surface area contributed by atoms with E-state index in [1.807, 2.05) is 49.9 Å². The van der Waals surface area contributed by atoms with E-state index in [2.05, 4.69) is 36.3 Å². The number of aromatic nitrogens is 2. The lowest BCUT2D eigenvalue weighted by atomic mass is 10.1. The summed E-state index contributed by atoms with van der Waals surface area (Å²) in [7, 11) is 0. The standard InChI is InChI=1S/C20H26BrN5O3S/c1-20(2,3)22-16(27)12-25-7-9-26(10-8-25)17(28)13-30-19-24-23-18(29-19)14-5-4-6-15(21)11-14/h4-6,11H,7-10,12-13H2,1-3H3,(H,22,27). The highest BCUT2D eigenvalue weighted by molar-refractivity contribution is 9.10. The van der Waals surface area contributed by atoms with Gasteiger partial charge in [-0.3, -0.25) is 14.5 Å². The number of nitrogens with one attached hydrogen (secondary N) is 1. The van der Waals surface area contributed by atoms with Crippen molar-refractivity contribution < 1.29 is 14.0 Å². The van der Waals surface area contributed by atoms with Crippen LogP contribution in [0.15, 0.2) is 38.4 Å². The van der Waals surface area contributed by atoms with Crippen LogP contribution >= 0.6 is 27.7 Å². The highest BCUT2D eigenvalue weighted by atomic mass is 79.9. The van der Waals surface area contributed by atoms with Crippen molar-refractivity contribution in [1.82, 2.24) is 25.3 Å². The molecule has 1 N–H and O–H groups in total. The summed E-state index contributed by atoms with van der Waals surface area (Å²) in [5, 5.41) is 11.4. The third kappa shape index (κ3) is 6.82. The Morgan fingerprint density at radius 2 is 1.93 bits per heavy atom. The lowest BCUT2D eigenvalue weighted by molar-refractivity contribution is -0.130. The summed E-state index contributed by atoms with van der Waals surface area (Å²) < 4.78 is 6.59. The topological polar surface area (TPSA) is 91.6 Å². The van der Waals surface area contributed by atoms with Crippen molar-refractivity contribution in [3.05, 3.63) is 28.7 Å². The summed E-state index contributed by atoms with van der Waals surface area (Å²) in [6.07, 6.45) is 0. The predicted molar refractivity (Wildman–Crippen MR) is 119 cm³/mol. The molecule has 2 aromatic rings. The minimum atomic E-state index is -0.238. The van der Waals surface area contributed by atoms with Crippen LogP contribution in [0.25, 0.3) is 11.5 Å². The van der Waals surface area contributed by atoms with Gasteiger partial charge in [-0.1, -0.05) is 33.8 Å². The molecular weight excluding hydrogens is 470 g/mol. The van der Waals surface area contributed by atoms with Crippen LogP contribution in [0.3, 0.4) is 0 Å². The number of rotatable bonds is 6. The van der Waals surface area contributed by atoms with Gasteiger partial charge >= 0.3 is 0 Å². The van der Waals surface area contributed by atoms with E-state index in [1.54, 1.807) is 0 Å². The molecule has 0 spiro atoms. The van der Waals surface area contributed by atoms with Crippen LogP contribution in [0, 0.1) is 0 Å². The van der Waals surface area contributed by atoms with E-state index in [9.17, 15) is 9.59 Å². The van der Waals surface area contributed by atoms with Crippen molar-refractivity contribution in [3.8, 4) is 11.5 Å². The average molecular weight is 496 g/mol. The van der Waals surface area contributed by atoms with E-state index < -0.39 is 0 Å². The first-order chi connectivity index (χ1) is 14.2. The van der Waals surface area contributed by atoms with Gasteiger partial charge in [0.05, 0.1) is 12.3 Å². The Morgan fingerprint density at radius 3 is 2.60 bits per heavy atom. The second kappa shape index (κ2) is 9.93. The molecule has 2 heterocycles. The van der Waals surface area contributed by atoms with Crippen molar-refractivity contribution in [2.45, 2.75) is 31.5 Å². The summed E-state index contributed by atoms with van der Waals surface area (Å²) >= 11 is 4.66. The Bertz CT molecular complexity index is 891. The fraction of sp³-hybridized carbons (Fsp3) is 0.500. The maximum atomic E-state index is 12.5. The van der Waals surface area contributed by atoms with E-state index in [0.29, 0.717) is 43.8 Å². The quantitative estimate of drug-likeness (QED) is 0.615. The van der Waals surface area contributed by atoms with E-state index in [0.717, 1.165) is 10.0 Å². The minimum absolute atomic E-state index is 0.00970. The first kappa shape index (κ1) is 22.8. The Hall–Kier alpha value is -1.91. The minimum Gasteiger partial charge on any atom is -0.411 e. The molecule has 1 saturated heterocycles. The zero-order valence-corrected chi connectivity index (χ0v) is 19.8. The largest absolute Gasteiger partial charge is 0.411 e. The number of benzene rings is 1. The first-order valence-electron chi connectivity index (χ1n) is 9.73. The highest BCUT2D eigenvalue weighted by Crippen LogP contribution is 2.25. The molecule has 3 rings (SSSR count). The number of halogens is 1. The average Bonchev–Trinajstić information content (AvgIpc) is 3.14. The van der Waals surface area contributed by atoms with Gasteiger partial charge in [-0.25, -0.2) is 0 Å². The van der Waals surface area contributed by atoms with Gasteiger partial charge in [-0.05, 0) is 39.0 Å². The maximum Gasteiger partial charge on any atom is 0.277 e. The zero-order chi connectivity index (χ0) is 21.7. The third-order valence-electron chi connectivity index (χ3n) is 4.40. The second-order valence-electron chi connectivity index (χ2n) is 8.13. The molecular formula is C20H26BrN5O3S. The Balaban J connectivity index is 1.43. The number of amides is 2. The first-order valence-corrected chi connectivity index (χ1v) is 11.5. The molecule has 8 nitrogen and oxygen atoms in total. The fourth-order valence-corrected chi connectivity index (χ4v) is 4.10. The molecule has 0 aliphatic carbocycles.